The van der Waals surface area contributed by atoms with Crippen molar-refractivity contribution in [3.8, 4) is 11.5 Å². The van der Waals surface area contributed by atoms with E-state index in [0.29, 0.717) is 5.75 Å². The van der Waals surface area contributed by atoms with Gasteiger partial charge in [-0.25, -0.2) is 0 Å². The summed E-state index contributed by atoms with van der Waals surface area (Å²) < 4.78 is 7.06. The van der Waals surface area contributed by atoms with Gasteiger partial charge in [0.2, 0.25) is 0 Å². The first-order chi connectivity index (χ1) is 21.0. The summed E-state index contributed by atoms with van der Waals surface area (Å²) in [5.74, 6) is 1.35. The average molecular weight is 594 g/mol. The zero-order valence-corrected chi connectivity index (χ0v) is 28.4. The van der Waals surface area contributed by atoms with Gasteiger partial charge in [0.25, 0.3) is 0 Å². The van der Waals surface area contributed by atoms with E-state index in [2.05, 4.69) is 67.1 Å². The van der Waals surface area contributed by atoms with Gasteiger partial charge in [-0.2, -0.15) is 0 Å². The molecule has 0 aromatic heterocycles. The molecular formula is C38H63N3O2. The zero-order chi connectivity index (χ0) is 31.1. The van der Waals surface area contributed by atoms with Crippen LogP contribution >= 0.6 is 0 Å². The number of benzene rings is 2. The summed E-state index contributed by atoms with van der Waals surface area (Å²) >= 11 is 0. The number of nitrogens with one attached hydrogen (secondary N) is 3. The van der Waals surface area contributed by atoms with Gasteiger partial charge in [-0.15, -0.1) is 0 Å². The summed E-state index contributed by atoms with van der Waals surface area (Å²) in [6, 6.07) is 13.0. The average Bonchev–Trinajstić information content (AvgIpc) is 3.03. The van der Waals surface area contributed by atoms with Crippen LogP contribution in [0.4, 0.5) is 0 Å². The SMILES string of the molecule is CCCCCCCCCc1ccc2c(c1)OC(CC)(NC)C(NC)(c1ccc(O)c(CCCCCCCCC)c1)C2NC. The highest BCUT2D eigenvalue weighted by Gasteiger charge is 2.60. The molecule has 0 bridgehead atoms. The van der Waals surface area contributed by atoms with Crippen LogP contribution in [0.15, 0.2) is 36.4 Å². The molecule has 242 valence electrons. The van der Waals surface area contributed by atoms with Crippen LogP contribution < -0.4 is 20.7 Å². The molecule has 0 saturated heterocycles. The lowest BCUT2D eigenvalue weighted by molar-refractivity contribution is -0.0905. The molecule has 1 aliphatic heterocycles. The van der Waals surface area contributed by atoms with Crippen LogP contribution in [0.25, 0.3) is 0 Å². The molecule has 0 radical (unpaired) electrons. The molecule has 5 nitrogen and oxygen atoms in total. The fourth-order valence-corrected chi connectivity index (χ4v) is 7.42. The molecule has 4 N–H and O–H groups in total. The Morgan fingerprint density at radius 2 is 1.30 bits per heavy atom. The minimum absolute atomic E-state index is 0.0442. The van der Waals surface area contributed by atoms with E-state index in [4.69, 9.17) is 4.74 Å². The molecule has 5 heteroatoms. The Morgan fingerprint density at radius 3 is 1.86 bits per heavy atom. The van der Waals surface area contributed by atoms with E-state index in [9.17, 15) is 5.11 Å². The van der Waals surface area contributed by atoms with Crippen molar-refractivity contribution in [1.29, 1.82) is 0 Å². The first kappa shape index (κ1) is 35.4. The van der Waals surface area contributed by atoms with Gasteiger partial charge in [-0.05, 0) is 81.7 Å². The number of unbranched alkanes of at least 4 members (excludes halogenated alkanes) is 12. The Kier molecular flexibility index (Phi) is 14.8. The summed E-state index contributed by atoms with van der Waals surface area (Å²) in [7, 11) is 6.10. The van der Waals surface area contributed by atoms with E-state index in [1.807, 2.05) is 27.2 Å². The van der Waals surface area contributed by atoms with E-state index >= 15 is 0 Å². The molecular weight excluding hydrogens is 530 g/mol. The predicted molar refractivity (Wildman–Crippen MR) is 183 cm³/mol. The summed E-state index contributed by atoms with van der Waals surface area (Å²) in [6.45, 7) is 6.74. The van der Waals surface area contributed by atoms with Crippen LogP contribution in [0.2, 0.25) is 0 Å². The van der Waals surface area contributed by atoms with E-state index < -0.39 is 11.3 Å². The van der Waals surface area contributed by atoms with Crippen LogP contribution in [0.5, 0.6) is 11.5 Å². The summed E-state index contributed by atoms with van der Waals surface area (Å²) in [5, 5.41) is 22.0. The van der Waals surface area contributed by atoms with Crippen LogP contribution in [0.3, 0.4) is 0 Å². The largest absolute Gasteiger partial charge is 0.508 e. The highest BCUT2D eigenvalue weighted by Crippen LogP contribution is 2.52. The lowest BCUT2D eigenvalue weighted by Gasteiger charge is -2.57. The van der Waals surface area contributed by atoms with Crippen molar-refractivity contribution >= 4 is 0 Å². The van der Waals surface area contributed by atoms with Gasteiger partial charge >= 0.3 is 0 Å². The zero-order valence-electron chi connectivity index (χ0n) is 28.4. The molecule has 0 amide bonds. The van der Waals surface area contributed by atoms with Gasteiger partial charge in [-0.1, -0.05) is 116 Å². The molecule has 2 aromatic rings. The van der Waals surface area contributed by atoms with E-state index in [1.54, 1.807) is 0 Å². The first-order valence-corrected chi connectivity index (χ1v) is 17.7. The molecule has 0 saturated carbocycles. The minimum Gasteiger partial charge on any atom is -0.508 e. The molecule has 2 aromatic carbocycles. The van der Waals surface area contributed by atoms with Crippen LogP contribution in [0.1, 0.15) is 145 Å². The number of hydrogen-bond donors (Lipinski definition) is 4. The maximum Gasteiger partial charge on any atom is 0.184 e. The van der Waals surface area contributed by atoms with Gasteiger partial charge in [0.05, 0.1) is 6.04 Å². The number of likely N-dealkylation sites (N-methyl/N-ethyl adjacent to an activating group) is 3. The fourth-order valence-electron chi connectivity index (χ4n) is 7.42. The van der Waals surface area contributed by atoms with Crippen molar-refractivity contribution in [2.45, 2.75) is 147 Å². The molecule has 43 heavy (non-hydrogen) atoms. The van der Waals surface area contributed by atoms with Crippen molar-refractivity contribution < 1.29 is 9.84 Å². The Morgan fingerprint density at radius 1 is 0.698 bits per heavy atom. The first-order valence-electron chi connectivity index (χ1n) is 17.7. The number of rotatable bonds is 21. The molecule has 0 spiro atoms. The Balaban J connectivity index is 1.86. The number of hydrogen-bond acceptors (Lipinski definition) is 5. The quantitative estimate of drug-likeness (QED) is 0.109. The second-order valence-corrected chi connectivity index (χ2v) is 12.8. The fraction of sp³-hybridized carbons (Fsp3) is 0.684. The maximum atomic E-state index is 10.9. The van der Waals surface area contributed by atoms with Gasteiger partial charge in [0, 0.05) is 12.0 Å². The monoisotopic (exact) mass is 593 g/mol. The van der Waals surface area contributed by atoms with Crippen LogP contribution in [-0.4, -0.2) is 32.0 Å². The standard InChI is InChI=1S/C38H63N3O2/c1-7-10-12-14-16-18-20-22-30-24-26-33-35(28-30)43-37(9-3,40-5)38(41-6,36(33)39-4)32-25-27-34(42)31(29-32)23-21-19-17-15-13-11-8-2/h24-29,36,39-42H,7-23H2,1-6H3. The van der Waals surface area contributed by atoms with Crippen molar-refractivity contribution in [2.75, 3.05) is 21.1 Å². The van der Waals surface area contributed by atoms with Crippen molar-refractivity contribution in [3.05, 3.63) is 58.7 Å². The third kappa shape index (κ3) is 8.35. The maximum absolute atomic E-state index is 10.9. The third-order valence-electron chi connectivity index (χ3n) is 9.98. The number of ether oxygens (including phenoxy) is 1. The minimum atomic E-state index is -0.701. The highest BCUT2D eigenvalue weighted by atomic mass is 16.5. The number of phenols is 1. The van der Waals surface area contributed by atoms with Gasteiger partial charge < -0.3 is 20.5 Å². The molecule has 3 rings (SSSR count). The van der Waals surface area contributed by atoms with E-state index in [-0.39, 0.29) is 6.04 Å². The smallest absolute Gasteiger partial charge is 0.184 e. The number of aryl methyl sites for hydroxylation is 2. The highest BCUT2D eigenvalue weighted by molar-refractivity contribution is 5.50. The van der Waals surface area contributed by atoms with E-state index in [0.717, 1.165) is 42.6 Å². The Labute approximate surface area is 264 Å². The van der Waals surface area contributed by atoms with Crippen molar-refractivity contribution in [2.24, 2.45) is 0 Å². The van der Waals surface area contributed by atoms with Crippen molar-refractivity contribution in [3.63, 3.8) is 0 Å². The second-order valence-electron chi connectivity index (χ2n) is 12.8. The van der Waals surface area contributed by atoms with Gasteiger partial charge in [0.1, 0.15) is 17.0 Å². The number of fused-ring (bicyclic) bond motifs is 1. The molecule has 1 aliphatic rings. The lowest BCUT2D eigenvalue weighted by Crippen LogP contribution is -2.74. The van der Waals surface area contributed by atoms with Crippen molar-refractivity contribution in [1.82, 2.24) is 16.0 Å². The number of phenolic OH excluding ortho intramolecular Hbond substituents is 1. The lowest BCUT2D eigenvalue weighted by atomic mass is 9.68. The molecule has 0 aliphatic carbocycles. The summed E-state index contributed by atoms with van der Waals surface area (Å²) in [4.78, 5) is 0. The predicted octanol–water partition coefficient (Wildman–Crippen LogP) is 9.07. The third-order valence-corrected chi connectivity index (χ3v) is 9.98. The van der Waals surface area contributed by atoms with Gasteiger partial charge in [-0.3, -0.25) is 5.32 Å². The Bertz CT molecular complexity index is 1080. The Hall–Kier alpha value is -2.08. The van der Waals surface area contributed by atoms with E-state index in [1.165, 1.54) is 94.6 Å². The second kappa shape index (κ2) is 18.0. The van der Waals surface area contributed by atoms with Crippen LogP contribution in [0, 0.1) is 0 Å². The summed E-state index contributed by atoms with van der Waals surface area (Å²) in [5.41, 5.74) is 3.35. The number of aromatic hydroxyl groups is 1. The normalized spacial score (nSPS) is 21.5. The van der Waals surface area contributed by atoms with Gasteiger partial charge in [0.15, 0.2) is 5.72 Å². The molecule has 3 atom stereocenters. The van der Waals surface area contributed by atoms with Crippen LogP contribution in [-0.2, 0) is 18.4 Å². The molecule has 3 unspecified atom stereocenters. The molecule has 1 heterocycles. The topological polar surface area (TPSA) is 65.5 Å². The summed E-state index contributed by atoms with van der Waals surface area (Å²) in [6.07, 6.45) is 20.8. The molecule has 0 fully saturated rings.